The van der Waals surface area contributed by atoms with Crippen molar-refractivity contribution in [1.82, 2.24) is 10.2 Å². The van der Waals surface area contributed by atoms with Crippen molar-refractivity contribution in [2.45, 2.75) is 46.0 Å². The van der Waals surface area contributed by atoms with E-state index in [0.717, 1.165) is 28.5 Å². The van der Waals surface area contributed by atoms with Gasteiger partial charge < -0.3 is 0 Å². The Balaban J connectivity index is 1.80. The SMILES string of the molecule is CCN(C(=O)C1CCCCC1)c1nnc(-c2cccc(C)c2)s1. The van der Waals surface area contributed by atoms with Crippen molar-refractivity contribution in [3.05, 3.63) is 29.8 Å². The summed E-state index contributed by atoms with van der Waals surface area (Å²) in [6.45, 7) is 4.72. The highest BCUT2D eigenvalue weighted by Crippen LogP contribution is 2.32. The van der Waals surface area contributed by atoms with E-state index < -0.39 is 0 Å². The lowest BCUT2D eigenvalue weighted by Gasteiger charge is -2.26. The first-order chi connectivity index (χ1) is 11.2. The molecule has 0 unspecified atom stereocenters. The third kappa shape index (κ3) is 3.61. The van der Waals surface area contributed by atoms with Gasteiger partial charge in [-0.2, -0.15) is 0 Å². The highest BCUT2D eigenvalue weighted by molar-refractivity contribution is 7.18. The van der Waals surface area contributed by atoms with Gasteiger partial charge in [-0.05, 0) is 32.8 Å². The number of carbonyl (C=O) groups excluding carboxylic acids is 1. The molecule has 1 aromatic carbocycles. The number of anilines is 1. The minimum atomic E-state index is 0.162. The summed E-state index contributed by atoms with van der Waals surface area (Å²) in [4.78, 5) is 14.6. The van der Waals surface area contributed by atoms with Gasteiger partial charge in [0.1, 0.15) is 5.01 Å². The second kappa shape index (κ2) is 7.21. The largest absolute Gasteiger partial charge is 0.287 e. The van der Waals surface area contributed by atoms with Crippen LogP contribution in [0.3, 0.4) is 0 Å². The fraction of sp³-hybridized carbons (Fsp3) is 0.500. The molecule has 1 aliphatic carbocycles. The van der Waals surface area contributed by atoms with Crippen LogP contribution >= 0.6 is 11.3 Å². The lowest BCUT2D eigenvalue weighted by Crippen LogP contribution is -2.36. The molecule has 3 rings (SSSR count). The van der Waals surface area contributed by atoms with Gasteiger partial charge >= 0.3 is 0 Å². The van der Waals surface area contributed by atoms with Crippen LogP contribution in [0.1, 0.15) is 44.6 Å². The van der Waals surface area contributed by atoms with Gasteiger partial charge in [-0.1, -0.05) is 54.4 Å². The fourth-order valence-electron chi connectivity index (χ4n) is 3.17. The second-order valence-electron chi connectivity index (χ2n) is 6.18. The molecule has 1 amide bonds. The first-order valence-corrected chi connectivity index (χ1v) is 9.22. The van der Waals surface area contributed by atoms with Crippen molar-refractivity contribution in [3.8, 4) is 10.6 Å². The molecule has 4 nitrogen and oxygen atoms in total. The molecule has 0 atom stereocenters. The summed E-state index contributed by atoms with van der Waals surface area (Å²) in [7, 11) is 0. The Labute approximate surface area is 141 Å². The van der Waals surface area contributed by atoms with Crippen molar-refractivity contribution in [1.29, 1.82) is 0 Å². The molecule has 0 spiro atoms. The van der Waals surface area contributed by atoms with Crippen molar-refractivity contribution < 1.29 is 4.79 Å². The van der Waals surface area contributed by atoms with Crippen molar-refractivity contribution in [3.63, 3.8) is 0 Å². The van der Waals surface area contributed by atoms with Gasteiger partial charge in [-0.25, -0.2) is 0 Å². The Morgan fingerprint density at radius 1 is 1.26 bits per heavy atom. The smallest absolute Gasteiger partial charge is 0.231 e. The maximum Gasteiger partial charge on any atom is 0.231 e. The number of nitrogens with zero attached hydrogens (tertiary/aromatic N) is 3. The van der Waals surface area contributed by atoms with E-state index >= 15 is 0 Å². The first kappa shape index (κ1) is 16.1. The van der Waals surface area contributed by atoms with E-state index in [4.69, 9.17) is 0 Å². The molecule has 0 N–H and O–H groups in total. The average Bonchev–Trinajstić information content (AvgIpc) is 3.06. The maximum atomic E-state index is 12.8. The zero-order valence-electron chi connectivity index (χ0n) is 13.8. The predicted molar refractivity (Wildman–Crippen MR) is 94.7 cm³/mol. The number of carbonyl (C=O) groups is 1. The number of benzene rings is 1. The number of aryl methyl sites for hydroxylation is 1. The molecule has 0 saturated heterocycles. The predicted octanol–water partition coefficient (Wildman–Crippen LogP) is 4.45. The molecule has 1 aromatic heterocycles. The Kier molecular flexibility index (Phi) is 5.06. The Bertz CT molecular complexity index is 676. The van der Waals surface area contributed by atoms with E-state index in [1.165, 1.54) is 36.2 Å². The van der Waals surface area contributed by atoms with Gasteiger partial charge in [-0.3, -0.25) is 9.69 Å². The molecule has 0 bridgehead atoms. The average molecular weight is 329 g/mol. The van der Waals surface area contributed by atoms with Gasteiger partial charge in [0.2, 0.25) is 11.0 Å². The monoisotopic (exact) mass is 329 g/mol. The molecule has 23 heavy (non-hydrogen) atoms. The number of amides is 1. The number of aromatic nitrogens is 2. The maximum absolute atomic E-state index is 12.8. The van der Waals surface area contributed by atoms with Crippen molar-refractivity contribution in [2.75, 3.05) is 11.4 Å². The summed E-state index contributed by atoms with van der Waals surface area (Å²) in [6.07, 6.45) is 5.61. The molecule has 1 saturated carbocycles. The summed E-state index contributed by atoms with van der Waals surface area (Å²) in [5.41, 5.74) is 2.26. The van der Waals surface area contributed by atoms with Crippen LogP contribution in [-0.4, -0.2) is 22.6 Å². The molecular weight excluding hydrogens is 306 g/mol. The lowest BCUT2D eigenvalue weighted by molar-refractivity contribution is -0.123. The molecule has 2 aromatic rings. The normalized spacial score (nSPS) is 15.6. The van der Waals surface area contributed by atoms with Gasteiger partial charge in [-0.15, -0.1) is 10.2 Å². The van der Waals surface area contributed by atoms with Gasteiger partial charge in [0.25, 0.3) is 0 Å². The van der Waals surface area contributed by atoms with E-state index in [1.54, 1.807) is 0 Å². The number of rotatable bonds is 4. The summed E-state index contributed by atoms with van der Waals surface area (Å²) in [5, 5.41) is 10.2. The second-order valence-corrected chi connectivity index (χ2v) is 7.13. The molecule has 1 fully saturated rings. The topological polar surface area (TPSA) is 46.1 Å². The van der Waals surface area contributed by atoms with E-state index in [9.17, 15) is 4.79 Å². The van der Waals surface area contributed by atoms with Gasteiger partial charge in [0, 0.05) is 18.0 Å². The van der Waals surface area contributed by atoms with Crippen LogP contribution in [0.25, 0.3) is 10.6 Å². The minimum absolute atomic E-state index is 0.162. The summed E-state index contributed by atoms with van der Waals surface area (Å²) in [5.74, 6) is 0.383. The van der Waals surface area contributed by atoms with Crippen molar-refractivity contribution >= 4 is 22.4 Å². The Hall–Kier alpha value is -1.75. The molecule has 1 heterocycles. The Morgan fingerprint density at radius 2 is 2.04 bits per heavy atom. The van der Waals surface area contributed by atoms with Crippen LogP contribution < -0.4 is 4.90 Å². The van der Waals surface area contributed by atoms with E-state index in [0.29, 0.717) is 6.54 Å². The quantitative estimate of drug-likeness (QED) is 0.832. The third-order valence-corrected chi connectivity index (χ3v) is 5.44. The highest BCUT2D eigenvalue weighted by Gasteiger charge is 2.28. The van der Waals surface area contributed by atoms with Crippen molar-refractivity contribution in [2.24, 2.45) is 5.92 Å². The van der Waals surface area contributed by atoms with Crippen LogP contribution in [0.5, 0.6) is 0 Å². The van der Waals surface area contributed by atoms with E-state index in [1.807, 2.05) is 24.0 Å². The first-order valence-electron chi connectivity index (χ1n) is 8.41. The summed E-state index contributed by atoms with van der Waals surface area (Å²) >= 11 is 1.50. The minimum Gasteiger partial charge on any atom is -0.287 e. The molecule has 122 valence electrons. The van der Waals surface area contributed by atoms with Crippen LogP contribution in [0.4, 0.5) is 5.13 Å². The van der Waals surface area contributed by atoms with Crippen LogP contribution in [0, 0.1) is 12.8 Å². The lowest BCUT2D eigenvalue weighted by atomic mass is 9.88. The van der Waals surface area contributed by atoms with Crippen LogP contribution in [0.2, 0.25) is 0 Å². The highest BCUT2D eigenvalue weighted by atomic mass is 32.1. The van der Waals surface area contributed by atoms with E-state index in [-0.39, 0.29) is 11.8 Å². The molecule has 5 heteroatoms. The zero-order chi connectivity index (χ0) is 16.2. The van der Waals surface area contributed by atoms with E-state index in [2.05, 4.69) is 29.3 Å². The van der Waals surface area contributed by atoms with Crippen LogP contribution in [0.15, 0.2) is 24.3 Å². The number of hydrogen-bond donors (Lipinski definition) is 0. The third-order valence-electron chi connectivity index (χ3n) is 4.45. The molecule has 0 radical (unpaired) electrons. The summed E-state index contributed by atoms with van der Waals surface area (Å²) in [6, 6.07) is 8.23. The van der Waals surface area contributed by atoms with Crippen LogP contribution in [-0.2, 0) is 4.79 Å². The summed E-state index contributed by atoms with van der Waals surface area (Å²) < 4.78 is 0. The van der Waals surface area contributed by atoms with Gasteiger partial charge in [0.15, 0.2) is 0 Å². The standard InChI is InChI=1S/C18H23N3OS/c1-3-21(17(22)14-9-5-4-6-10-14)18-20-19-16(23-18)15-11-7-8-13(2)12-15/h7-8,11-12,14H,3-6,9-10H2,1-2H3. The molecular formula is C18H23N3OS. The Morgan fingerprint density at radius 3 is 2.74 bits per heavy atom. The molecule has 1 aliphatic rings. The van der Waals surface area contributed by atoms with Gasteiger partial charge in [0.05, 0.1) is 0 Å². The molecule has 0 aliphatic heterocycles. The zero-order valence-corrected chi connectivity index (χ0v) is 14.6. The fourth-order valence-corrected chi connectivity index (χ4v) is 4.08. The number of hydrogen-bond acceptors (Lipinski definition) is 4.